The van der Waals surface area contributed by atoms with E-state index in [2.05, 4.69) is 15.2 Å². The Morgan fingerprint density at radius 3 is 2.84 bits per heavy atom. The highest BCUT2D eigenvalue weighted by Crippen LogP contribution is 2.14. The highest BCUT2D eigenvalue weighted by Gasteiger charge is 2.15. The van der Waals surface area contributed by atoms with Crippen LogP contribution in [0, 0.1) is 12.7 Å². The summed E-state index contributed by atoms with van der Waals surface area (Å²) in [6, 6.07) is 3.98. The third-order valence-corrected chi connectivity index (χ3v) is 2.62. The average Bonchev–Trinajstić information content (AvgIpc) is 2.77. The van der Waals surface area contributed by atoms with Crippen LogP contribution in [-0.4, -0.2) is 33.0 Å². The van der Waals surface area contributed by atoms with E-state index in [0.717, 1.165) is 6.07 Å². The maximum Gasteiger partial charge on any atom is 0.254 e. The van der Waals surface area contributed by atoms with Gasteiger partial charge in [0.05, 0.1) is 12.2 Å². The number of aromatic nitrogens is 3. The fourth-order valence-corrected chi connectivity index (χ4v) is 1.62. The average molecular weight is 263 g/mol. The zero-order valence-corrected chi connectivity index (χ0v) is 10.6. The summed E-state index contributed by atoms with van der Waals surface area (Å²) in [6.07, 6.45) is 0. The molecule has 0 fully saturated rings. The third kappa shape index (κ3) is 2.87. The number of aryl methyl sites for hydroxylation is 1. The molecule has 19 heavy (non-hydrogen) atoms. The third-order valence-electron chi connectivity index (χ3n) is 2.62. The highest BCUT2D eigenvalue weighted by atomic mass is 19.1. The fourth-order valence-electron chi connectivity index (χ4n) is 1.62. The molecule has 2 rings (SSSR count). The number of anilines is 1. The molecule has 3 N–H and O–H groups in total. The predicted octanol–water partition coefficient (Wildman–Crippen LogP) is 1.11. The lowest BCUT2D eigenvalue weighted by molar-refractivity contribution is 0.0781. The van der Waals surface area contributed by atoms with E-state index >= 15 is 0 Å². The maximum absolute atomic E-state index is 13.3. The molecule has 2 aromatic rings. The van der Waals surface area contributed by atoms with Crippen LogP contribution in [0.1, 0.15) is 22.0 Å². The van der Waals surface area contributed by atoms with Crippen molar-refractivity contribution in [1.29, 1.82) is 0 Å². The van der Waals surface area contributed by atoms with Crippen LogP contribution in [0.15, 0.2) is 18.2 Å². The Morgan fingerprint density at radius 2 is 2.26 bits per heavy atom. The maximum atomic E-state index is 13.3. The van der Waals surface area contributed by atoms with Crippen molar-refractivity contribution in [1.82, 2.24) is 20.1 Å². The molecule has 6 nitrogen and oxygen atoms in total. The van der Waals surface area contributed by atoms with E-state index in [1.807, 2.05) is 0 Å². The summed E-state index contributed by atoms with van der Waals surface area (Å²) >= 11 is 0. The molecule has 0 aliphatic heterocycles. The number of aromatic amines is 1. The van der Waals surface area contributed by atoms with Crippen molar-refractivity contribution in [2.24, 2.45) is 0 Å². The zero-order valence-electron chi connectivity index (χ0n) is 10.6. The van der Waals surface area contributed by atoms with Gasteiger partial charge in [-0.2, -0.15) is 5.10 Å². The van der Waals surface area contributed by atoms with Gasteiger partial charge in [0.2, 0.25) is 0 Å². The van der Waals surface area contributed by atoms with E-state index in [0.29, 0.717) is 11.6 Å². The molecule has 1 heterocycles. The van der Waals surface area contributed by atoms with E-state index in [4.69, 9.17) is 5.73 Å². The lowest BCUT2D eigenvalue weighted by atomic mass is 10.2. The topological polar surface area (TPSA) is 87.9 Å². The number of carbonyl (C=O) groups excluding carboxylic acids is 1. The van der Waals surface area contributed by atoms with Crippen molar-refractivity contribution in [2.45, 2.75) is 13.5 Å². The van der Waals surface area contributed by atoms with Crippen LogP contribution in [0.2, 0.25) is 0 Å². The van der Waals surface area contributed by atoms with E-state index in [9.17, 15) is 9.18 Å². The number of carbonyl (C=O) groups is 1. The van der Waals surface area contributed by atoms with Crippen molar-refractivity contribution in [3.8, 4) is 0 Å². The quantitative estimate of drug-likeness (QED) is 0.812. The fraction of sp³-hybridized carbons (Fsp3) is 0.250. The predicted molar refractivity (Wildman–Crippen MR) is 67.7 cm³/mol. The number of nitrogens with two attached hydrogens (primary N) is 1. The van der Waals surface area contributed by atoms with Gasteiger partial charge in [0.15, 0.2) is 5.82 Å². The lowest BCUT2D eigenvalue weighted by Crippen LogP contribution is -2.26. The van der Waals surface area contributed by atoms with Crippen molar-refractivity contribution < 1.29 is 9.18 Å². The van der Waals surface area contributed by atoms with E-state index < -0.39 is 5.82 Å². The number of halogens is 1. The molecule has 0 spiro atoms. The highest BCUT2D eigenvalue weighted by molar-refractivity contribution is 5.94. The molecule has 0 radical (unpaired) electrons. The van der Waals surface area contributed by atoms with Gasteiger partial charge >= 0.3 is 0 Å². The van der Waals surface area contributed by atoms with Gasteiger partial charge in [0, 0.05) is 12.6 Å². The van der Waals surface area contributed by atoms with Crippen LogP contribution in [0.3, 0.4) is 0 Å². The second-order valence-electron chi connectivity index (χ2n) is 4.23. The Kier molecular flexibility index (Phi) is 3.46. The van der Waals surface area contributed by atoms with Gasteiger partial charge in [-0.1, -0.05) is 0 Å². The van der Waals surface area contributed by atoms with E-state index in [-0.39, 0.29) is 23.7 Å². The first-order valence-electron chi connectivity index (χ1n) is 5.65. The number of benzene rings is 1. The van der Waals surface area contributed by atoms with Gasteiger partial charge in [-0.25, -0.2) is 9.37 Å². The minimum atomic E-state index is -0.604. The van der Waals surface area contributed by atoms with Gasteiger partial charge in [-0.05, 0) is 25.1 Å². The van der Waals surface area contributed by atoms with Gasteiger partial charge in [0.1, 0.15) is 11.6 Å². The van der Waals surface area contributed by atoms with Crippen molar-refractivity contribution in [2.75, 3.05) is 12.8 Å². The van der Waals surface area contributed by atoms with E-state index in [1.54, 1.807) is 14.0 Å². The summed E-state index contributed by atoms with van der Waals surface area (Å²) < 4.78 is 13.3. The molecule has 1 aromatic heterocycles. The number of nitrogens with zero attached hydrogens (tertiary/aromatic N) is 3. The van der Waals surface area contributed by atoms with Crippen LogP contribution in [0.5, 0.6) is 0 Å². The Balaban J connectivity index is 2.12. The number of amides is 1. The van der Waals surface area contributed by atoms with Crippen molar-refractivity contribution >= 4 is 11.6 Å². The molecule has 0 aliphatic carbocycles. The summed E-state index contributed by atoms with van der Waals surface area (Å²) in [5.74, 6) is 0.257. The largest absolute Gasteiger partial charge is 0.396 e. The van der Waals surface area contributed by atoms with Crippen LogP contribution in [0.25, 0.3) is 0 Å². The zero-order chi connectivity index (χ0) is 14.0. The standard InChI is InChI=1S/C12H14FN5O/c1-7-15-11(17-16-7)6-18(2)12(19)8-3-4-10(14)9(13)5-8/h3-5H,6,14H2,1-2H3,(H,15,16,17). The summed E-state index contributed by atoms with van der Waals surface area (Å²) in [5, 5.41) is 6.63. The van der Waals surface area contributed by atoms with E-state index in [1.165, 1.54) is 17.0 Å². The normalized spacial score (nSPS) is 10.5. The monoisotopic (exact) mass is 263 g/mol. The number of H-pyrrole nitrogens is 1. The van der Waals surface area contributed by atoms with Crippen molar-refractivity contribution in [3.63, 3.8) is 0 Å². The van der Waals surface area contributed by atoms with Gasteiger partial charge in [-0.15, -0.1) is 0 Å². The van der Waals surface area contributed by atoms with Crippen molar-refractivity contribution in [3.05, 3.63) is 41.2 Å². The lowest BCUT2D eigenvalue weighted by Gasteiger charge is -2.15. The molecule has 1 amide bonds. The Bertz CT molecular complexity index is 610. The second-order valence-corrected chi connectivity index (χ2v) is 4.23. The molecule has 0 atom stereocenters. The first kappa shape index (κ1) is 13.0. The second kappa shape index (κ2) is 5.05. The molecule has 0 aliphatic rings. The Labute approximate surface area is 109 Å². The molecule has 0 saturated carbocycles. The summed E-state index contributed by atoms with van der Waals surface area (Å²) in [4.78, 5) is 17.6. The van der Waals surface area contributed by atoms with Gasteiger partial charge in [0.25, 0.3) is 5.91 Å². The first-order chi connectivity index (χ1) is 8.97. The van der Waals surface area contributed by atoms with Gasteiger partial charge in [-0.3, -0.25) is 9.89 Å². The number of nitrogen functional groups attached to an aromatic ring is 1. The molecule has 0 saturated heterocycles. The molecule has 100 valence electrons. The number of nitrogens with one attached hydrogen (secondary N) is 1. The first-order valence-corrected chi connectivity index (χ1v) is 5.65. The minimum absolute atomic E-state index is 0.0174. The molecule has 0 unspecified atom stereocenters. The summed E-state index contributed by atoms with van der Waals surface area (Å²) in [6.45, 7) is 2.02. The van der Waals surface area contributed by atoms with Crippen LogP contribution in [0.4, 0.5) is 10.1 Å². The number of hydrogen-bond acceptors (Lipinski definition) is 4. The summed E-state index contributed by atoms with van der Waals surface area (Å²) in [7, 11) is 1.60. The number of hydrogen-bond donors (Lipinski definition) is 2. The molecule has 7 heteroatoms. The van der Waals surface area contributed by atoms with Crippen LogP contribution in [-0.2, 0) is 6.54 Å². The molecular weight excluding hydrogens is 249 g/mol. The van der Waals surface area contributed by atoms with Crippen LogP contribution < -0.4 is 5.73 Å². The smallest absolute Gasteiger partial charge is 0.254 e. The van der Waals surface area contributed by atoms with Crippen LogP contribution >= 0.6 is 0 Å². The SMILES string of the molecule is Cc1nc(CN(C)C(=O)c2ccc(N)c(F)c2)n[nH]1. The molecule has 0 bridgehead atoms. The number of rotatable bonds is 3. The Hall–Kier alpha value is -2.44. The minimum Gasteiger partial charge on any atom is -0.396 e. The summed E-state index contributed by atoms with van der Waals surface area (Å²) in [5.41, 5.74) is 5.62. The van der Waals surface area contributed by atoms with Gasteiger partial charge < -0.3 is 10.6 Å². The molecular formula is C12H14FN5O. The Morgan fingerprint density at radius 1 is 1.53 bits per heavy atom. The molecule has 1 aromatic carbocycles.